The Morgan fingerprint density at radius 1 is 1.40 bits per heavy atom. The molecule has 20 heavy (non-hydrogen) atoms. The molecule has 0 unspecified atom stereocenters. The number of benzene rings is 1. The van der Waals surface area contributed by atoms with E-state index in [-0.39, 0.29) is 5.91 Å². The van der Waals surface area contributed by atoms with Gasteiger partial charge in [-0.3, -0.25) is 4.79 Å². The molecule has 0 bridgehead atoms. The van der Waals surface area contributed by atoms with Gasteiger partial charge in [0.15, 0.2) is 5.69 Å². The van der Waals surface area contributed by atoms with Crippen LogP contribution in [0.1, 0.15) is 35.6 Å². The van der Waals surface area contributed by atoms with Gasteiger partial charge in [0.1, 0.15) is 0 Å². The van der Waals surface area contributed by atoms with E-state index in [4.69, 9.17) is 6.42 Å². The fraction of sp³-hybridized carbons (Fsp3) is 0.267. The molecule has 0 atom stereocenters. The first kappa shape index (κ1) is 13.8. The molecule has 1 amide bonds. The quantitative estimate of drug-likeness (QED) is 0.864. The smallest absolute Gasteiger partial charge is 0.278 e. The molecule has 0 spiro atoms. The number of nitrogens with one attached hydrogen (secondary N) is 1. The van der Waals surface area contributed by atoms with Crippen LogP contribution in [-0.2, 0) is 13.0 Å². The molecule has 0 aliphatic heterocycles. The number of aryl methyl sites for hydroxylation is 1. The summed E-state index contributed by atoms with van der Waals surface area (Å²) in [4.78, 5) is 12.3. The largest absolute Gasteiger partial charge is 0.319 e. The van der Waals surface area contributed by atoms with Crippen LogP contribution in [0.2, 0.25) is 0 Å². The van der Waals surface area contributed by atoms with Gasteiger partial charge in [0.25, 0.3) is 5.91 Å². The number of aromatic nitrogens is 3. The number of amides is 1. The molecule has 1 aromatic carbocycles. The topological polar surface area (TPSA) is 59.8 Å². The van der Waals surface area contributed by atoms with E-state index in [9.17, 15) is 4.79 Å². The number of para-hydroxylation sites is 1. The molecule has 0 saturated carbocycles. The normalized spacial score (nSPS) is 10.1. The van der Waals surface area contributed by atoms with Gasteiger partial charge in [0, 0.05) is 12.1 Å². The van der Waals surface area contributed by atoms with E-state index in [1.165, 1.54) is 0 Å². The molecule has 1 aromatic heterocycles. The summed E-state index contributed by atoms with van der Waals surface area (Å²) in [6, 6.07) is 7.19. The molecule has 0 aliphatic carbocycles. The van der Waals surface area contributed by atoms with Crippen LogP contribution < -0.4 is 5.32 Å². The van der Waals surface area contributed by atoms with Gasteiger partial charge in [-0.2, -0.15) is 0 Å². The third-order valence-electron chi connectivity index (χ3n) is 3.02. The van der Waals surface area contributed by atoms with E-state index >= 15 is 0 Å². The Morgan fingerprint density at radius 2 is 2.15 bits per heavy atom. The van der Waals surface area contributed by atoms with Crippen molar-refractivity contribution in [2.45, 2.75) is 26.8 Å². The van der Waals surface area contributed by atoms with Crippen molar-refractivity contribution in [1.82, 2.24) is 15.0 Å². The fourth-order valence-corrected chi connectivity index (χ4v) is 2.01. The Morgan fingerprint density at radius 3 is 2.80 bits per heavy atom. The molecule has 0 aliphatic rings. The molecule has 1 heterocycles. The number of hydrogen-bond donors (Lipinski definition) is 1. The first-order chi connectivity index (χ1) is 9.71. The number of hydrogen-bond acceptors (Lipinski definition) is 3. The van der Waals surface area contributed by atoms with Crippen molar-refractivity contribution < 1.29 is 4.79 Å². The maximum absolute atomic E-state index is 12.3. The molecule has 0 saturated heterocycles. The van der Waals surface area contributed by atoms with Gasteiger partial charge in [-0.15, -0.1) is 11.5 Å². The first-order valence-electron chi connectivity index (χ1n) is 6.50. The van der Waals surface area contributed by atoms with Crippen LogP contribution in [-0.4, -0.2) is 20.9 Å². The summed E-state index contributed by atoms with van der Waals surface area (Å²) in [6.07, 6.45) is 6.11. The van der Waals surface area contributed by atoms with Crippen molar-refractivity contribution in [2.24, 2.45) is 0 Å². The van der Waals surface area contributed by atoms with Gasteiger partial charge in [-0.05, 0) is 25.5 Å². The highest BCUT2D eigenvalue weighted by Crippen LogP contribution is 2.16. The van der Waals surface area contributed by atoms with E-state index in [0.717, 1.165) is 5.69 Å². The molecule has 0 radical (unpaired) electrons. The molecule has 5 nitrogen and oxygen atoms in total. The van der Waals surface area contributed by atoms with Crippen LogP contribution >= 0.6 is 0 Å². The van der Waals surface area contributed by atoms with Crippen molar-refractivity contribution in [3.63, 3.8) is 0 Å². The lowest BCUT2D eigenvalue weighted by Gasteiger charge is -2.07. The zero-order chi connectivity index (χ0) is 14.5. The Bertz CT molecular complexity index is 667. The van der Waals surface area contributed by atoms with Gasteiger partial charge >= 0.3 is 0 Å². The van der Waals surface area contributed by atoms with Gasteiger partial charge in [-0.1, -0.05) is 30.2 Å². The summed E-state index contributed by atoms with van der Waals surface area (Å²) in [5.41, 5.74) is 2.42. The molecule has 1 N–H and O–H groups in total. The minimum Gasteiger partial charge on any atom is -0.319 e. The van der Waals surface area contributed by atoms with Crippen LogP contribution in [0.3, 0.4) is 0 Å². The number of nitrogens with zero attached hydrogens (tertiary/aromatic N) is 3. The van der Waals surface area contributed by atoms with Gasteiger partial charge in [0.2, 0.25) is 0 Å². The highest BCUT2D eigenvalue weighted by molar-refractivity contribution is 6.04. The van der Waals surface area contributed by atoms with E-state index in [2.05, 4.69) is 21.5 Å². The SMILES string of the molecule is C#Cc1ccccc1NC(=O)c1nnn(CC)c1CC. The highest BCUT2D eigenvalue weighted by atomic mass is 16.2. The van der Waals surface area contributed by atoms with Gasteiger partial charge < -0.3 is 5.32 Å². The second kappa shape index (κ2) is 6.02. The van der Waals surface area contributed by atoms with E-state index < -0.39 is 0 Å². The van der Waals surface area contributed by atoms with E-state index in [1.54, 1.807) is 16.8 Å². The van der Waals surface area contributed by atoms with Gasteiger partial charge in [0.05, 0.1) is 11.4 Å². The second-order valence-electron chi connectivity index (χ2n) is 4.20. The fourth-order valence-electron chi connectivity index (χ4n) is 2.01. The number of anilines is 1. The lowest BCUT2D eigenvalue weighted by molar-refractivity contribution is 0.102. The lowest BCUT2D eigenvalue weighted by Crippen LogP contribution is -2.16. The number of carbonyl (C=O) groups is 1. The van der Waals surface area contributed by atoms with Crippen LogP contribution in [0, 0.1) is 12.3 Å². The summed E-state index contributed by atoms with van der Waals surface area (Å²) < 4.78 is 1.72. The second-order valence-corrected chi connectivity index (χ2v) is 4.20. The predicted octanol–water partition coefficient (Wildman–Crippen LogP) is 2.09. The average molecular weight is 268 g/mol. The lowest BCUT2D eigenvalue weighted by atomic mass is 10.1. The Hall–Kier alpha value is -2.61. The number of rotatable bonds is 4. The number of terminal acetylenes is 1. The van der Waals surface area contributed by atoms with Crippen LogP contribution in [0.25, 0.3) is 0 Å². The Kier molecular flexibility index (Phi) is 4.16. The molecular weight excluding hydrogens is 252 g/mol. The van der Waals surface area contributed by atoms with E-state index in [0.29, 0.717) is 29.9 Å². The Labute approximate surface area is 118 Å². The third-order valence-corrected chi connectivity index (χ3v) is 3.02. The minimum absolute atomic E-state index is 0.288. The maximum atomic E-state index is 12.3. The summed E-state index contributed by atoms with van der Waals surface area (Å²) in [5.74, 6) is 2.25. The zero-order valence-electron chi connectivity index (χ0n) is 11.6. The standard InChI is InChI=1S/C15H16N4O/c1-4-11-9-7-8-10-12(11)16-15(20)14-13(5-2)19(6-3)18-17-14/h1,7-10H,5-6H2,2-3H3,(H,16,20). The predicted molar refractivity (Wildman–Crippen MR) is 77.4 cm³/mol. The molecule has 5 heteroatoms. The van der Waals surface area contributed by atoms with Crippen LogP contribution in [0.15, 0.2) is 24.3 Å². The van der Waals surface area contributed by atoms with Gasteiger partial charge in [-0.25, -0.2) is 4.68 Å². The summed E-state index contributed by atoms with van der Waals surface area (Å²) in [6.45, 7) is 4.62. The number of carbonyl (C=O) groups excluding carboxylic acids is 1. The summed E-state index contributed by atoms with van der Waals surface area (Å²) >= 11 is 0. The van der Waals surface area contributed by atoms with Crippen LogP contribution in [0.5, 0.6) is 0 Å². The molecular formula is C15H16N4O. The first-order valence-corrected chi connectivity index (χ1v) is 6.50. The van der Waals surface area contributed by atoms with Crippen molar-refractivity contribution >= 4 is 11.6 Å². The van der Waals surface area contributed by atoms with Crippen LogP contribution in [0.4, 0.5) is 5.69 Å². The Balaban J connectivity index is 2.29. The minimum atomic E-state index is -0.288. The summed E-state index contributed by atoms with van der Waals surface area (Å²) in [7, 11) is 0. The highest BCUT2D eigenvalue weighted by Gasteiger charge is 2.18. The zero-order valence-corrected chi connectivity index (χ0v) is 11.6. The average Bonchev–Trinajstić information content (AvgIpc) is 2.90. The van der Waals surface area contributed by atoms with Crippen molar-refractivity contribution in [1.29, 1.82) is 0 Å². The third kappa shape index (κ3) is 2.54. The maximum Gasteiger partial charge on any atom is 0.278 e. The molecule has 2 aromatic rings. The van der Waals surface area contributed by atoms with Crippen molar-refractivity contribution in [3.05, 3.63) is 41.2 Å². The van der Waals surface area contributed by atoms with Crippen molar-refractivity contribution in [2.75, 3.05) is 5.32 Å². The monoisotopic (exact) mass is 268 g/mol. The molecule has 2 rings (SSSR count). The molecule has 102 valence electrons. The molecule has 0 fully saturated rings. The summed E-state index contributed by atoms with van der Waals surface area (Å²) in [5, 5.41) is 10.7. The van der Waals surface area contributed by atoms with Crippen molar-refractivity contribution in [3.8, 4) is 12.3 Å². The van der Waals surface area contributed by atoms with E-state index in [1.807, 2.05) is 26.0 Å².